The molecule has 0 spiro atoms. The second-order valence-corrected chi connectivity index (χ2v) is 11.6. The summed E-state index contributed by atoms with van der Waals surface area (Å²) in [5.41, 5.74) is 4.01. The minimum atomic E-state index is -0.254. The molecule has 0 unspecified atom stereocenters. The first-order valence-corrected chi connectivity index (χ1v) is 15.1. The summed E-state index contributed by atoms with van der Waals surface area (Å²) in [4.78, 5) is 34.4. The van der Waals surface area contributed by atoms with Crippen LogP contribution in [0.25, 0.3) is 0 Å². The molecule has 0 saturated carbocycles. The zero-order valence-corrected chi connectivity index (χ0v) is 25.5. The molecule has 1 N–H and O–H groups in total. The summed E-state index contributed by atoms with van der Waals surface area (Å²) in [5, 5.41) is 5.07. The summed E-state index contributed by atoms with van der Waals surface area (Å²) in [6.45, 7) is 8.43. The van der Waals surface area contributed by atoms with E-state index < -0.39 is 0 Å². The van der Waals surface area contributed by atoms with Crippen molar-refractivity contribution in [2.75, 3.05) is 58.8 Å². The van der Waals surface area contributed by atoms with Crippen LogP contribution in [0.1, 0.15) is 34.4 Å². The van der Waals surface area contributed by atoms with Gasteiger partial charge in [-0.25, -0.2) is 4.79 Å². The van der Waals surface area contributed by atoms with Crippen molar-refractivity contribution in [3.63, 3.8) is 0 Å². The van der Waals surface area contributed by atoms with E-state index >= 15 is 0 Å². The van der Waals surface area contributed by atoms with Crippen molar-refractivity contribution in [1.82, 2.24) is 14.7 Å². The molecule has 0 radical (unpaired) electrons. The van der Waals surface area contributed by atoms with Crippen LogP contribution in [-0.4, -0.2) is 80.1 Å². The topological polar surface area (TPSA) is 74.4 Å². The van der Waals surface area contributed by atoms with E-state index in [4.69, 9.17) is 9.47 Å². The highest BCUT2D eigenvalue weighted by Gasteiger charge is 2.24. The normalized spacial score (nSPS) is 13.2. The minimum Gasteiger partial charge on any atom is -0.493 e. The zero-order valence-electron chi connectivity index (χ0n) is 24.7. The predicted octanol–water partition coefficient (Wildman–Crippen LogP) is 5.58. The molecule has 1 aromatic heterocycles. The Balaban J connectivity index is 1.50. The SMILES string of the molecule is COc1ccc(CCN(Cc2sccc2C)C(=O)CN(CCN2CCCC2)C(=O)Nc2cccc(C)c2)cc1OC. The fourth-order valence-corrected chi connectivity index (χ4v) is 5.96. The van der Waals surface area contributed by atoms with Gasteiger partial charge in [0.15, 0.2) is 11.5 Å². The highest BCUT2D eigenvalue weighted by molar-refractivity contribution is 7.10. The summed E-state index contributed by atoms with van der Waals surface area (Å²) >= 11 is 1.65. The average Bonchev–Trinajstić information content (AvgIpc) is 3.64. The maximum Gasteiger partial charge on any atom is 0.322 e. The summed E-state index contributed by atoms with van der Waals surface area (Å²) in [7, 11) is 3.24. The van der Waals surface area contributed by atoms with Gasteiger partial charge in [-0.05, 0) is 98.6 Å². The summed E-state index contributed by atoms with van der Waals surface area (Å²) < 4.78 is 10.9. The third kappa shape index (κ3) is 8.71. The molecular formula is C32H42N4O4S. The van der Waals surface area contributed by atoms with Gasteiger partial charge in [-0.15, -0.1) is 11.3 Å². The summed E-state index contributed by atoms with van der Waals surface area (Å²) in [6, 6.07) is 15.4. The van der Waals surface area contributed by atoms with Crippen LogP contribution in [0.15, 0.2) is 53.9 Å². The maximum atomic E-state index is 13.9. The number of urea groups is 1. The molecule has 1 aliphatic rings. The van der Waals surface area contributed by atoms with Gasteiger partial charge in [0.1, 0.15) is 6.54 Å². The highest BCUT2D eigenvalue weighted by Crippen LogP contribution is 2.28. The summed E-state index contributed by atoms with van der Waals surface area (Å²) in [5.74, 6) is 1.27. The minimum absolute atomic E-state index is 0.0157. The first-order valence-electron chi connectivity index (χ1n) is 14.2. The van der Waals surface area contributed by atoms with E-state index in [0.29, 0.717) is 37.6 Å². The Hall–Kier alpha value is -3.56. The number of hydrogen-bond donors (Lipinski definition) is 1. The number of nitrogens with one attached hydrogen (secondary N) is 1. The van der Waals surface area contributed by atoms with Crippen molar-refractivity contribution in [2.45, 2.75) is 39.7 Å². The number of methoxy groups -OCH3 is 2. The molecule has 8 nitrogen and oxygen atoms in total. The largest absolute Gasteiger partial charge is 0.493 e. The molecule has 0 aliphatic carbocycles. The van der Waals surface area contributed by atoms with Crippen molar-refractivity contribution in [1.29, 1.82) is 0 Å². The predicted molar refractivity (Wildman–Crippen MR) is 165 cm³/mol. The smallest absolute Gasteiger partial charge is 0.322 e. The molecule has 2 aromatic carbocycles. The molecule has 2 heterocycles. The quantitative estimate of drug-likeness (QED) is 0.287. The number of nitrogens with zero attached hydrogens (tertiary/aromatic N) is 3. The second kappa shape index (κ2) is 14.9. The van der Waals surface area contributed by atoms with Gasteiger partial charge in [-0.1, -0.05) is 18.2 Å². The second-order valence-electron chi connectivity index (χ2n) is 10.6. The lowest BCUT2D eigenvalue weighted by Crippen LogP contribution is -2.47. The van der Waals surface area contributed by atoms with Crippen molar-refractivity contribution in [2.24, 2.45) is 0 Å². The molecule has 1 aliphatic heterocycles. The number of rotatable bonds is 13. The summed E-state index contributed by atoms with van der Waals surface area (Å²) in [6.07, 6.45) is 3.01. The molecule has 220 valence electrons. The van der Waals surface area contributed by atoms with Gasteiger partial charge in [0.2, 0.25) is 5.91 Å². The van der Waals surface area contributed by atoms with Crippen LogP contribution >= 0.6 is 11.3 Å². The first kappa shape index (κ1) is 30.4. The van der Waals surface area contributed by atoms with Gasteiger partial charge < -0.3 is 29.5 Å². The Morgan fingerprint density at radius 2 is 1.73 bits per heavy atom. The van der Waals surface area contributed by atoms with Gasteiger partial charge in [-0.3, -0.25) is 4.79 Å². The van der Waals surface area contributed by atoms with E-state index in [0.717, 1.165) is 41.3 Å². The van der Waals surface area contributed by atoms with E-state index in [1.807, 2.05) is 54.3 Å². The van der Waals surface area contributed by atoms with Crippen LogP contribution in [0.2, 0.25) is 0 Å². The molecule has 4 rings (SSSR count). The van der Waals surface area contributed by atoms with Crippen molar-refractivity contribution in [3.05, 3.63) is 75.5 Å². The molecule has 0 atom stereocenters. The average molecular weight is 579 g/mol. The molecular weight excluding hydrogens is 536 g/mol. The number of amides is 3. The van der Waals surface area contributed by atoms with Crippen LogP contribution in [0, 0.1) is 13.8 Å². The number of thiophene rings is 1. The van der Waals surface area contributed by atoms with Gasteiger partial charge >= 0.3 is 6.03 Å². The fourth-order valence-electron chi connectivity index (χ4n) is 5.04. The number of ether oxygens (including phenoxy) is 2. The van der Waals surface area contributed by atoms with Crippen molar-refractivity contribution < 1.29 is 19.1 Å². The number of anilines is 1. The standard InChI is InChI=1S/C32H42N4O4S/c1-24-8-7-9-27(20-24)33-32(38)36(18-17-34-14-5-6-15-34)23-31(37)35(22-30-25(2)13-19-41-30)16-12-26-10-11-28(39-3)29(21-26)40-4/h7-11,13,19-21H,5-6,12,14-18,22-23H2,1-4H3,(H,33,38). The number of carbonyl (C=O) groups excluding carboxylic acids is 2. The molecule has 1 fully saturated rings. The fraction of sp³-hybridized carbons (Fsp3) is 0.438. The molecule has 3 amide bonds. The Kier molecular flexibility index (Phi) is 11.0. The van der Waals surface area contributed by atoms with E-state index in [1.54, 1.807) is 30.5 Å². The Labute approximate surface area is 247 Å². The molecule has 9 heteroatoms. The Morgan fingerprint density at radius 3 is 2.41 bits per heavy atom. The molecule has 3 aromatic rings. The van der Waals surface area contributed by atoms with Gasteiger partial charge in [0, 0.05) is 30.2 Å². The van der Waals surface area contributed by atoms with E-state index in [1.165, 1.54) is 18.4 Å². The molecule has 1 saturated heterocycles. The first-order chi connectivity index (χ1) is 19.9. The van der Waals surface area contributed by atoms with Crippen molar-refractivity contribution in [3.8, 4) is 11.5 Å². The number of aryl methyl sites for hydroxylation is 2. The third-order valence-electron chi connectivity index (χ3n) is 7.54. The lowest BCUT2D eigenvalue weighted by atomic mass is 10.1. The van der Waals surface area contributed by atoms with Crippen LogP contribution in [0.3, 0.4) is 0 Å². The lowest BCUT2D eigenvalue weighted by molar-refractivity contribution is -0.132. The number of likely N-dealkylation sites (tertiary alicyclic amines) is 1. The Bertz CT molecular complexity index is 1300. The van der Waals surface area contributed by atoms with Gasteiger partial charge in [0.25, 0.3) is 0 Å². The van der Waals surface area contributed by atoms with E-state index in [2.05, 4.69) is 28.6 Å². The lowest BCUT2D eigenvalue weighted by Gasteiger charge is -2.29. The molecule has 41 heavy (non-hydrogen) atoms. The number of hydrogen-bond acceptors (Lipinski definition) is 6. The van der Waals surface area contributed by atoms with Gasteiger partial charge in [-0.2, -0.15) is 0 Å². The number of benzene rings is 2. The van der Waals surface area contributed by atoms with Crippen LogP contribution in [-0.2, 0) is 17.8 Å². The van der Waals surface area contributed by atoms with Crippen LogP contribution < -0.4 is 14.8 Å². The number of carbonyl (C=O) groups is 2. The van der Waals surface area contributed by atoms with E-state index in [-0.39, 0.29) is 18.5 Å². The third-order valence-corrected chi connectivity index (χ3v) is 8.55. The zero-order chi connectivity index (χ0) is 29.2. The van der Waals surface area contributed by atoms with Crippen LogP contribution in [0.5, 0.6) is 11.5 Å². The van der Waals surface area contributed by atoms with Gasteiger partial charge in [0.05, 0.1) is 20.8 Å². The van der Waals surface area contributed by atoms with E-state index in [9.17, 15) is 9.59 Å². The monoisotopic (exact) mass is 578 g/mol. The van der Waals surface area contributed by atoms with Crippen molar-refractivity contribution >= 4 is 29.0 Å². The highest BCUT2D eigenvalue weighted by atomic mass is 32.1. The Morgan fingerprint density at radius 1 is 0.951 bits per heavy atom. The molecule has 0 bridgehead atoms. The van der Waals surface area contributed by atoms with Crippen LogP contribution in [0.4, 0.5) is 10.5 Å². The maximum absolute atomic E-state index is 13.9.